The highest BCUT2D eigenvalue weighted by molar-refractivity contribution is 5.99. The van der Waals surface area contributed by atoms with E-state index in [-0.39, 0.29) is 5.91 Å². The Balaban J connectivity index is 2.07. The number of carbonyl (C=O) groups excluding carboxylic acids is 1. The van der Waals surface area contributed by atoms with Gasteiger partial charge in [0.2, 0.25) is 0 Å². The molecule has 0 aliphatic carbocycles. The van der Waals surface area contributed by atoms with Gasteiger partial charge in [-0.2, -0.15) is 0 Å². The van der Waals surface area contributed by atoms with Gasteiger partial charge in [-0.25, -0.2) is 0 Å². The number of amides is 1. The smallest absolute Gasteiger partial charge is 0.261 e. The van der Waals surface area contributed by atoms with Gasteiger partial charge < -0.3 is 19.1 Å². The van der Waals surface area contributed by atoms with Crippen LogP contribution in [0.15, 0.2) is 18.2 Å². The highest BCUT2D eigenvalue weighted by atomic mass is 16.5. The molecule has 0 spiro atoms. The number of rotatable bonds is 6. The van der Waals surface area contributed by atoms with Gasteiger partial charge in [0, 0.05) is 39.8 Å². The molecule has 0 unspecified atom stereocenters. The predicted molar refractivity (Wildman–Crippen MR) is 83.8 cm³/mol. The average Bonchev–Trinajstić information content (AvgIpc) is 2.58. The SMILES string of the molecule is COCCN1CCN(C(=O)c2c(OC)cccc2OC)CC1. The molecule has 1 aliphatic rings. The average molecular weight is 308 g/mol. The number of benzene rings is 1. The molecule has 1 aromatic carbocycles. The van der Waals surface area contributed by atoms with E-state index in [4.69, 9.17) is 14.2 Å². The van der Waals surface area contributed by atoms with Gasteiger partial charge in [-0.05, 0) is 12.1 Å². The molecule has 1 aromatic rings. The molecular weight excluding hydrogens is 284 g/mol. The summed E-state index contributed by atoms with van der Waals surface area (Å²) in [5.74, 6) is 1.05. The lowest BCUT2D eigenvalue weighted by molar-refractivity contribution is 0.0588. The van der Waals surface area contributed by atoms with Crippen molar-refractivity contribution in [3.05, 3.63) is 23.8 Å². The van der Waals surface area contributed by atoms with Crippen LogP contribution in [0.5, 0.6) is 11.5 Å². The zero-order valence-corrected chi connectivity index (χ0v) is 13.5. The summed E-state index contributed by atoms with van der Waals surface area (Å²) in [5.41, 5.74) is 0.498. The highest BCUT2D eigenvalue weighted by Gasteiger charge is 2.26. The minimum atomic E-state index is -0.0410. The van der Waals surface area contributed by atoms with Crippen LogP contribution in [0.25, 0.3) is 0 Å². The highest BCUT2D eigenvalue weighted by Crippen LogP contribution is 2.29. The van der Waals surface area contributed by atoms with Crippen molar-refractivity contribution in [3.8, 4) is 11.5 Å². The van der Waals surface area contributed by atoms with Crippen molar-refractivity contribution in [2.45, 2.75) is 0 Å². The largest absolute Gasteiger partial charge is 0.496 e. The topological polar surface area (TPSA) is 51.2 Å². The summed E-state index contributed by atoms with van der Waals surface area (Å²) in [4.78, 5) is 17.0. The van der Waals surface area contributed by atoms with Crippen molar-refractivity contribution in [1.82, 2.24) is 9.80 Å². The molecule has 0 bridgehead atoms. The third kappa shape index (κ3) is 3.69. The van der Waals surface area contributed by atoms with Crippen LogP contribution < -0.4 is 9.47 Å². The van der Waals surface area contributed by atoms with Crippen LogP contribution in [0.3, 0.4) is 0 Å². The van der Waals surface area contributed by atoms with Crippen LogP contribution in [0.2, 0.25) is 0 Å². The van der Waals surface area contributed by atoms with Crippen LogP contribution in [0.4, 0.5) is 0 Å². The van der Waals surface area contributed by atoms with Gasteiger partial charge in [0.1, 0.15) is 17.1 Å². The number of ether oxygens (including phenoxy) is 3. The summed E-state index contributed by atoms with van der Waals surface area (Å²) in [5, 5.41) is 0. The van der Waals surface area contributed by atoms with Gasteiger partial charge in [0.25, 0.3) is 5.91 Å². The van der Waals surface area contributed by atoms with E-state index in [1.807, 2.05) is 11.0 Å². The molecule has 0 aromatic heterocycles. The molecule has 6 nitrogen and oxygen atoms in total. The summed E-state index contributed by atoms with van der Waals surface area (Å²) >= 11 is 0. The van der Waals surface area contributed by atoms with E-state index >= 15 is 0 Å². The number of hydrogen-bond donors (Lipinski definition) is 0. The Morgan fingerprint density at radius 2 is 1.64 bits per heavy atom. The van der Waals surface area contributed by atoms with Crippen LogP contribution in [0, 0.1) is 0 Å². The minimum Gasteiger partial charge on any atom is -0.496 e. The molecule has 22 heavy (non-hydrogen) atoms. The normalized spacial score (nSPS) is 15.7. The lowest BCUT2D eigenvalue weighted by Gasteiger charge is -2.35. The van der Waals surface area contributed by atoms with Crippen LogP contribution in [0.1, 0.15) is 10.4 Å². The Labute approximate surface area is 131 Å². The number of nitrogens with zero attached hydrogens (tertiary/aromatic N) is 2. The Hall–Kier alpha value is -1.79. The molecule has 1 aliphatic heterocycles. The van der Waals surface area contributed by atoms with Crippen molar-refractivity contribution in [1.29, 1.82) is 0 Å². The fourth-order valence-corrected chi connectivity index (χ4v) is 2.62. The number of hydrogen-bond acceptors (Lipinski definition) is 5. The lowest BCUT2D eigenvalue weighted by atomic mass is 10.1. The molecule has 0 saturated carbocycles. The first-order valence-electron chi connectivity index (χ1n) is 7.42. The second kappa shape index (κ2) is 8.00. The monoisotopic (exact) mass is 308 g/mol. The Morgan fingerprint density at radius 1 is 1.05 bits per heavy atom. The van der Waals surface area contributed by atoms with E-state index in [1.165, 1.54) is 0 Å². The van der Waals surface area contributed by atoms with Crippen molar-refractivity contribution >= 4 is 5.91 Å². The van der Waals surface area contributed by atoms with Crippen molar-refractivity contribution < 1.29 is 19.0 Å². The van der Waals surface area contributed by atoms with Crippen molar-refractivity contribution in [2.75, 3.05) is 60.7 Å². The summed E-state index contributed by atoms with van der Waals surface area (Å²) < 4.78 is 15.7. The molecule has 0 radical (unpaired) electrons. The third-order valence-corrected chi connectivity index (χ3v) is 3.91. The second-order valence-corrected chi connectivity index (χ2v) is 5.16. The first-order chi connectivity index (χ1) is 10.7. The van der Waals surface area contributed by atoms with E-state index in [0.29, 0.717) is 36.8 Å². The fraction of sp³-hybridized carbons (Fsp3) is 0.562. The standard InChI is InChI=1S/C16H24N2O4/c1-20-12-11-17-7-9-18(10-8-17)16(19)15-13(21-2)5-4-6-14(15)22-3/h4-6H,7-12H2,1-3H3. The Morgan fingerprint density at radius 3 is 2.14 bits per heavy atom. The second-order valence-electron chi connectivity index (χ2n) is 5.16. The van der Waals surface area contributed by atoms with Crippen molar-refractivity contribution in [2.24, 2.45) is 0 Å². The Bertz CT molecular complexity index is 477. The van der Waals surface area contributed by atoms with Gasteiger partial charge in [0.05, 0.1) is 20.8 Å². The van der Waals surface area contributed by atoms with Gasteiger partial charge in [-0.3, -0.25) is 9.69 Å². The maximum Gasteiger partial charge on any atom is 0.261 e. The molecule has 2 rings (SSSR count). The molecule has 1 amide bonds. The molecule has 0 atom stereocenters. The van der Waals surface area contributed by atoms with Crippen LogP contribution >= 0.6 is 0 Å². The molecule has 1 heterocycles. The van der Waals surface area contributed by atoms with Crippen molar-refractivity contribution in [3.63, 3.8) is 0 Å². The Kier molecular flexibility index (Phi) is 6.03. The zero-order chi connectivity index (χ0) is 15.9. The summed E-state index contributed by atoms with van der Waals surface area (Å²) in [6.07, 6.45) is 0. The quantitative estimate of drug-likeness (QED) is 0.788. The molecule has 0 N–H and O–H groups in total. The number of carbonyl (C=O) groups is 1. The molecule has 1 fully saturated rings. The van der Waals surface area contributed by atoms with Gasteiger partial charge >= 0.3 is 0 Å². The first kappa shape index (κ1) is 16.6. The molecule has 122 valence electrons. The maximum absolute atomic E-state index is 12.8. The number of piperazine rings is 1. The van der Waals surface area contributed by atoms with E-state index in [9.17, 15) is 4.79 Å². The van der Waals surface area contributed by atoms with Crippen LogP contribution in [-0.4, -0.2) is 76.4 Å². The fourth-order valence-electron chi connectivity index (χ4n) is 2.62. The number of methoxy groups -OCH3 is 3. The van der Waals surface area contributed by atoms with Gasteiger partial charge in [-0.1, -0.05) is 6.07 Å². The van der Waals surface area contributed by atoms with E-state index in [2.05, 4.69) is 4.90 Å². The zero-order valence-electron chi connectivity index (χ0n) is 13.5. The predicted octanol–water partition coefficient (Wildman–Crippen LogP) is 1.11. The van der Waals surface area contributed by atoms with E-state index in [0.717, 1.165) is 19.6 Å². The third-order valence-electron chi connectivity index (χ3n) is 3.91. The summed E-state index contributed by atoms with van der Waals surface area (Å²) in [6, 6.07) is 5.38. The lowest BCUT2D eigenvalue weighted by Crippen LogP contribution is -2.49. The van der Waals surface area contributed by atoms with Gasteiger partial charge in [-0.15, -0.1) is 0 Å². The van der Waals surface area contributed by atoms with Gasteiger partial charge in [0.15, 0.2) is 0 Å². The molecule has 1 saturated heterocycles. The summed E-state index contributed by atoms with van der Waals surface area (Å²) in [6.45, 7) is 4.72. The van der Waals surface area contributed by atoms with E-state index < -0.39 is 0 Å². The first-order valence-corrected chi connectivity index (χ1v) is 7.42. The maximum atomic E-state index is 12.8. The molecular formula is C16H24N2O4. The van der Waals surface area contributed by atoms with Crippen LogP contribution in [-0.2, 0) is 4.74 Å². The van der Waals surface area contributed by atoms with E-state index in [1.54, 1.807) is 33.5 Å². The summed E-state index contributed by atoms with van der Waals surface area (Å²) in [7, 11) is 4.83. The minimum absolute atomic E-state index is 0.0410. The molecule has 6 heteroatoms.